The van der Waals surface area contributed by atoms with Crippen molar-refractivity contribution in [3.8, 4) is 11.5 Å². The zero-order valence-electron chi connectivity index (χ0n) is 16.9. The van der Waals surface area contributed by atoms with Crippen molar-refractivity contribution >= 4 is 17.4 Å². The van der Waals surface area contributed by atoms with E-state index in [1.54, 1.807) is 0 Å². The first-order valence-electron chi connectivity index (χ1n) is 10.3. The van der Waals surface area contributed by atoms with Gasteiger partial charge in [0.05, 0.1) is 5.69 Å². The summed E-state index contributed by atoms with van der Waals surface area (Å²) < 4.78 is 11.6. The van der Waals surface area contributed by atoms with Crippen LogP contribution in [0.25, 0.3) is 0 Å². The Balaban J connectivity index is 1.23. The normalized spacial score (nSPS) is 17.0. The van der Waals surface area contributed by atoms with Gasteiger partial charge in [0, 0.05) is 31.1 Å². The van der Waals surface area contributed by atoms with E-state index < -0.39 is 0 Å². The molecule has 0 spiro atoms. The lowest BCUT2D eigenvalue weighted by Gasteiger charge is -2.37. The number of hydrogen-bond acceptors (Lipinski definition) is 5. The lowest BCUT2D eigenvalue weighted by molar-refractivity contribution is 0.171. The van der Waals surface area contributed by atoms with Gasteiger partial charge < -0.3 is 14.4 Å². The summed E-state index contributed by atoms with van der Waals surface area (Å²) in [4.78, 5) is 6.45. The summed E-state index contributed by atoms with van der Waals surface area (Å²) in [6.07, 6.45) is 1.23. The largest absolute Gasteiger partial charge is 0.486 e. The van der Waals surface area contributed by atoms with Crippen molar-refractivity contribution in [2.45, 2.75) is 25.2 Å². The molecule has 2 aromatic rings. The quantitative estimate of drug-likeness (QED) is 0.531. The molecule has 28 heavy (non-hydrogen) atoms. The molecule has 0 bridgehead atoms. The second-order valence-corrected chi connectivity index (χ2v) is 8.74. The highest BCUT2D eigenvalue weighted by Gasteiger charge is 2.23. The van der Waals surface area contributed by atoms with Crippen LogP contribution in [-0.2, 0) is 0 Å². The monoisotopic (exact) mass is 398 g/mol. The molecule has 0 N–H and O–H groups in total. The molecular formula is C23H30N2O2S. The lowest BCUT2D eigenvalue weighted by Crippen LogP contribution is -2.46. The van der Waals surface area contributed by atoms with Crippen molar-refractivity contribution in [2.75, 3.05) is 56.6 Å². The number of para-hydroxylation sites is 1. The molecule has 0 aliphatic carbocycles. The van der Waals surface area contributed by atoms with Crippen LogP contribution in [0.1, 0.15) is 17.5 Å². The van der Waals surface area contributed by atoms with Crippen molar-refractivity contribution in [1.82, 2.24) is 4.90 Å². The van der Waals surface area contributed by atoms with E-state index in [0.717, 1.165) is 37.7 Å². The van der Waals surface area contributed by atoms with Gasteiger partial charge in [-0.3, -0.25) is 4.90 Å². The van der Waals surface area contributed by atoms with Gasteiger partial charge in [-0.05, 0) is 56.3 Å². The predicted molar refractivity (Wildman–Crippen MR) is 117 cm³/mol. The summed E-state index contributed by atoms with van der Waals surface area (Å²) in [6.45, 7) is 11.1. The molecule has 2 heterocycles. The molecule has 5 heteroatoms. The number of benzene rings is 2. The van der Waals surface area contributed by atoms with E-state index in [0.29, 0.717) is 13.2 Å². The Morgan fingerprint density at radius 1 is 0.964 bits per heavy atom. The van der Waals surface area contributed by atoms with Crippen molar-refractivity contribution in [3.63, 3.8) is 0 Å². The van der Waals surface area contributed by atoms with Gasteiger partial charge >= 0.3 is 0 Å². The fourth-order valence-corrected chi connectivity index (χ4v) is 4.90. The van der Waals surface area contributed by atoms with Gasteiger partial charge in [-0.25, -0.2) is 0 Å². The van der Waals surface area contributed by atoms with Gasteiger partial charge in [0.15, 0.2) is 11.5 Å². The van der Waals surface area contributed by atoms with Crippen LogP contribution in [0, 0.1) is 13.8 Å². The molecule has 2 aromatic carbocycles. The van der Waals surface area contributed by atoms with Crippen molar-refractivity contribution < 1.29 is 9.47 Å². The van der Waals surface area contributed by atoms with Crippen LogP contribution in [0.15, 0.2) is 41.3 Å². The summed E-state index contributed by atoms with van der Waals surface area (Å²) in [5, 5.41) is 0. The summed E-state index contributed by atoms with van der Waals surface area (Å²) >= 11 is 1.99. The Morgan fingerprint density at radius 2 is 1.79 bits per heavy atom. The van der Waals surface area contributed by atoms with E-state index in [9.17, 15) is 0 Å². The zero-order chi connectivity index (χ0) is 19.3. The van der Waals surface area contributed by atoms with Gasteiger partial charge in [-0.15, -0.1) is 11.8 Å². The van der Waals surface area contributed by atoms with E-state index >= 15 is 0 Å². The number of anilines is 1. The molecular weight excluding hydrogens is 368 g/mol. The molecule has 0 unspecified atom stereocenters. The molecule has 1 saturated heterocycles. The Morgan fingerprint density at radius 3 is 2.61 bits per heavy atom. The van der Waals surface area contributed by atoms with Gasteiger partial charge in [-0.1, -0.05) is 23.8 Å². The average Bonchev–Trinajstić information content (AvgIpc) is 2.72. The molecule has 4 rings (SSSR count). The highest BCUT2D eigenvalue weighted by molar-refractivity contribution is 7.99. The van der Waals surface area contributed by atoms with Crippen molar-refractivity contribution in [1.29, 1.82) is 0 Å². The molecule has 2 aliphatic heterocycles. The van der Waals surface area contributed by atoms with E-state index in [2.05, 4.69) is 54.0 Å². The molecule has 0 aromatic heterocycles. The summed E-state index contributed by atoms with van der Waals surface area (Å²) in [5.41, 5.74) is 3.93. The van der Waals surface area contributed by atoms with Gasteiger partial charge in [-0.2, -0.15) is 0 Å². The third-order valence-corrected chi connectivity index (χ3v) is 6.73. The average molecular weight is 399 g/mol. The molecule has 4 nitrogen and oxygen atoms in total. The number of piperazine rings is 1. The highest BCUT2D eigenvalue weighted by Crippen LogP contribution is 2.39. The third-order valence-electron chi connectivity index (χ3n) is 5.47. The van der Waals surface area contributed by atoms with Crippen LogP contribution in [0.3, 0.4) is 0 Å². The predicted octanol–water partition coefficient (Wildman–Crippen LogP) is 4.38. The Hall–Kier alpha value is -1.85. The number of rotatable bonds is 6. The van der Waals surface area contributed by atoms with Gasteiger partial charge in [0.2, 0.25) is 0 Å². The van der Waals surface area contributed by atoms with Crippen LogP contribution < -0.4 is 14.4 Å². The van der Waals surface area contributed by atoms with Crippen molar-refractivity contribution in [3.05, 3.63) is 47.5 Å². The Kier molecular flexibility index (Phi) is 6.33. The van der Waals surface area contributed by atoms with Crippen LogP contribution in [0.4, 0.5) is 5.69 Å². The molecule has 0 amide bonds. The molecule has 1 fully saturated rings. The number of nitrogens with zero attached hydrogens (tertiary/aromatic N) is 2. The maximum Gasteiger partial charge on any atom is 0.184 e. The number of ether oxygens (including phenoxy) is 2. The first-order chi connectivity index (χ1) is 13.7. The minimum absolute atomic E-state index is 0.641. The van der Waals surface area contributed by atoms with Crippen LogP contribution in [0.5, 0.6) is 11.5 Å². The number of fused-ring (bicyclic) bond motifs is 1. The Bertz CT molecular complexity index is 803. The minimum Gasteiger partial charge on any atom is -0.486 e. The topological polar surface area (TPSA) is 24.9 Å². The highest BCUT2D eigenvalue weighted by atomic mass is 32.2. The minimum atomic E-state index is 0.641. The first-order valence-corrected chi connectivity index (χ1v) is 11.3. The van der Waals surface area contributed by atoms with Gasteiger partial charge in [0.25, 0.3) is 0 Å². The van der Waals surface area contributed by atoms with E-state index in [1.165, 1.54) is 40.4 Å². The lowest BCUT2D eigenvalue weighted by atomic mass is 10.2. The van der Waals surface area contributed by atoms with Crippen LogP contribution in [0.2, 0.25) is 0 Å². The summed E-state index contributed by atoms with van der Waals surface area (Å²) in [5.74, 6) is 2.99. The van der Waals surface area contributed by atoms with Crippen molar-refractivity contribution in [2.24, 2.45) is 0 Å². The number of aryl methyl sites for hydroxylation is 2. The van der Waals surface area contributed by atoms with Gasteiger partial charge in [0.1, 0.15) is 13.2 Å². The van der Waals surface area contributed by atoms with Crippen LogP contribution >= 0.6 is 11.8 Å². The Labute approximate surface area is 172 Å². The molecule has 2 aliphatic rings. The fraction of sp³-hybridized carbons (Fsp3) is 0.478. The maximum atomic E-state index is 5.89. The molecule has 0 radical (unpaired) electrons. The van der Waals surface area contributed by atoms with E-state index in [1.807, 2.05) is 17.8 Å². The van der Waals surface area contributed by atoms with Crippen LogP contribution in [-0.4, -0.2) is 56.6 Å². The molecule has 150 valence electrons. The van der Waals surface area contributed by atoms with E-state index in [4.69, 9.17) is 9.47 Å². The second kappa shape index (κ2) is 9.10. The number of hydrogen-bond donors (Lipinski definition) is 0. The first kappa shape index (κ1) is 19.5. The molecule has 0 atom stereocenters. The molecule has 0 saturated carbocycles. The standard InChI is InChI=1S/C23H30N2O2S/c1-18-7-8-22(19(2)17-18)28-16-4-9-24-10-12-25(13-11-24)20-5-3-6-21-23(20)27-15-14-26-21/h3,5-8,17H,4,9-16H2,1-2H3. The second-order valence-electron chi connectivity index (χ2n) is 7.60. The maximum absolute atomic E-state index is 5.89. The zero-order valence-corrected chi connectivity index (χ0v) is 17.8. The van der Waals surface area contributed by atoms with E-state index in [-0.39, 0.29) is 0 Å². The smallest absolute Gasteiger partial charge is 0.184 e. The summed E-state index contributed by atoms with van der Waals surface area (Å²) in [6, 6.07) is 13.0. The third kappa shape index (κ3) is 4.58. The number of thioether (sulfide) groups is 1. The SMILES string of the molecule is Cc1ccc(SCCCN2CCN(c3cccc4c3OCCO4)CC2)c(C)c1. The summed E-state index contributed by atoms with van der Waals surface area (Å²) in [7, 11) is 0. The fourth-order valence-electron chi connectivity index (χ4n) is 3.95.